The fourth-order valence-electron chi connectivity index (χ4n) is 1.39. The molecule has 3 nitrogen and oxygen atoms in total. The van der Waals surface area contributed by atoms with E-state index in [9.17, 15) is 4.39 Å². The van der Waals surface area contributed by atoms with Gasteiger partial charge in [0.2, 0.25) is 5.88 Å². The number of halogens is 2. The van der Waals surface area contributed by atoms with Crippen LogP contribution in [0.3, 0.4) is 0 Å². The lowest BCUT2D eigenvalue weighted by atomic mass is 10.2. The largest absolute Gasteiger partial charge is 0.439 e. The lowest BCUT2D eigenvalue weighted by Crippen LogP contribution is -1.95. The van der Waals surface area contributed by atoms with Crippen LogP contribution in [0.25, 0.3) is 0 Å². The highest BCUT2D eigenvalue weighted by molar-refractivity contribution is 6.31. The number of aromatic nitrogens is 1. The van der Waals surface area contributed by atoms with Crippen molar-refractivity contribution in [2.75, 3.05) is 0 Å². The average Bonchev–Trinajstić information content (AvgIpc) is 2.36. The molecule has 1 heterocycles. The number of hydrogen-bond donors (Lipinski definition) is 1. The smallest absolute Gasteiger partial charge is 0.219 e. The number of aliphatic hydroxyl groups excluding tert-OH is 1. The van der Waals surface area contributed by atoms with Gasteiger partial charge in [0.05, 0.1) is 17.3 Å². The van der Waals surface area contributed by atoms with Gasteiger partial charge in [-0.2, -0.15) is 0 Å². The Morgan fingerprint density at radius 3 is 2.78 bits per heavy atom. The number of rotatable bonds is 3. The summed E-state index contributed by atoms with van der Waals surface area (Å²) in [6.07, 6.45) is 0. The van der Waals surface area contributed by atoms with Crippen LogP contribution >= 0.6 is 11.6 Å². The lowest BCUT2D eigenvalue weighted by molar-refractivity contribution is 0.275. The second kappa shape index (κ2) is 5.33. The zero-order chi connectivity index (χ0) is 13.1. The van der Waals surface area contributed by atoms with E-state index in [1.165, 1.54) is 6.07 Å². The van der Waals surface area contributed by atoms with Crippen LogP contribution in [0.1, 0.15) is 11.3 Å². The summed E-state index contributed by atoms with van der Waals surface area (Å²) in [7, 11) is 0. The molecule has 1 aromatic heterocycles. The van der Waals surface area contributed by atoms with E-state index in [-0.39, 0.29) is 18.3 Å². The fourth-order valence-corrected chi connectivity index (χ4v) is 1.55. The van der Waals surface area contributed by atoms with Gasteiger partial charge < -0.3 is 9.84 Å². The summed E-state index contributed by atoms with van der Waals surface area (Å²) < 4.78 is 18.7. The summed E-state index contributed by atoms with van der Waals surface area (Å²) in [6, 6.07) is 7.67. The maximum atomic E-state index is 13.3. The molecule has 0 aliphatic carbocycles. The van der Waals surface area contributed by atoms with Crippen molar-refractivity contribution in [1.82, 2.24) is 4.98 Å². The highest BCUT2D eigenvalue weighted by atomic mass is 35.5. The van der Waals surface area contributed by atoms with Gasteiger partial charge in [0.25, 0.3) is 0 Å². The van der Waals surface area contributed by atoms with Crippen LogP contribution in [0.4, 0.5) is 4.39 Å². The van der Waals surface area contributed by atoms with Gasteiger partial charge in [-0.1, -0.05) is 17.7 Å². The molecular weight excluding hydrogens is 257 g/mol. The third-order valence-corrected chi connectivity index (χ3v) is 2.75. The molecule has 2 aromatic rings. The van der Waals surface area contributed by atoms with Crippen molar-refractivity contribution >= 4 is 11.6 Å². The van der Waals surface area contributed by atoms with E-state index < -0.39 is 0 Å². The summed E-state index contributed by atoms with van der Waals surface area (Å²) in [5, 5.41) is 9.39. The molecule has 0 saturated heterocycles. The minimum Gasteiger partial charge on any atom is -0.439 e. The molecule has 0 radical (unpaired) electrons. The van der Waals surface area contributed by atoms with Gasteiger partial charge in [0, 0.05) is 12.1 Å². The molecule has 0 unspecified atom stereocenters. The Labute approximate surface area is 109 Å². The van der Waals surface area contributed by atoms with Gasteiger partial charge in [0.1, 0.15) is 11.6 Å². The second-order valence-electron chi connectivity index (χ2n) is 3.75. The molecule has 0 fully saturated rings. The van der Waals surface area contributed by atoms with Crippen LogP contribution in [0.5, 0.6) is 11.6 Å². The third-order valence-electron chi connectivity index (χ3n) is 2.41. The highest BCUT2D eigenvalue weighted by Crippen LogP contribution is 2.24. The monoisotopic (exact) mass is 267 g/mol. The van der Waals surface area contributed by atoms with Gasteiger partial charge in [0.15, 0.2) is 0 Å². The van der Waals surface area contributed by atoms with Crippen LogP contribution in [0.15, 0.2) is 30.3 Å². The van der Waals surface area contributed by atoms with Crippen LogP contribution < -0.4 is 4.74 Å². The molecule has 0 amide bonds. The van der Waals surface area contributed by atoms with Gasteiger partial charge in [-0.05, 0) is 24.6 Å². The zero-order valence-corrected chi connectivity index (χ0v) is 10.4. The first-order valence-corrected chi connectivity index (χ1v) is 5.68. The van der Waals surface area contributed by atoms with Crippen LogP contribution in [0, 0.1) is 12.7 Å². The summed E-state index contributed by atoms with van der Waals surface area (Å²) >= 11 is 5.81. The first-order chi connectivity index (χ1) is 8.60. The van der Waals surface area contributed by atoms with E-state index in [0.717, 1.165) is 0 Å². The molecule has 0 aliphatic heterocycles. The third kappa shape index (κ3) is 2.78. The Bertz CT molecular complexity index is 575. The topological polar surface area (TPSA) is 42.4 Å². The summed E-state index contributed by atoms with van der Waals surface area (Å²) in [5.41, 5.74) is 0.865. The van der Waals surface area contributed by atoms with Gasteiger partial charge >= 0.3 is 0 Å². The number of aryl methyl sites for hydroxylation is 1. The van der Waals surface area contributed by atoms with Gasteiger partial charge in [-0.15, -0.1) is 0 Å². The van der Waals surface area contributed by atoms with Gasteiger partial charge in [-0.3, -0.25) is 0 Å². The molecule has 0 bridgehead atoms. The number of benzene rings is 1. The molecule has 94 valence electrons. The number of hydrogen-bond acceptors (Lipinski definition) is 3. The van der Waals surface area contributed by atoms with E-state index in [1.807, 2.05) is 0 Å². The Hall–Kier alpha value is -1.65. The predicted octanol–water partition coefficient (Wildman–Crippen LogP) is 3.47. The Balaban J connectivity index is 2.25. The molecule has 0 atom stereocenters. The van der Waals surface area contributed by atoms with Crippen molar-refractivity contribution in [2.24, 2.45) is 0 Å². The maximum absolute atomic E-state index is 13.3. The molecule has 18 heavy (non-hydrogen) atoms. The molecule has 0 spiro atoms. The first-order valence-electron chi connectivity index (χ1n) is 5.30. The van der Waals surface area contributed by atoms with Crippen molar-refractivity contribution in [3.63, 3.8) is 0 Å². The first kappa shape index (κ1) is 12.8. The fraction of sp³-hybridized carbons (Fsp3) is 0.154. The van der Waals surface area contributed by atoms with E-state index in [0.29, 0.717) is 22.0 Å². The molecule has 0 saturated carbocycles. The number of ether oxygens (including phenoxy) is 1. The normalized spacial score (nSPS) is 10.4. The molecule has 1 aromatic carbocycles. The number of nitrogens with zero attached hydrogens (tertiary/aromatic N) is 1. The van der Waals surface area contributed by atoms with Crippen molar-refractivity contribution in [1.29, 1.82) is 0 Å². The number of pyridine rings is 1. The van der Waals surface area contributed by atoms with Crippen LogP contribution in [0.2, 0.25) is 5.02 Å². The molecule has 1 N–H and O–H groups in total. The number of aliphatic hydroxyl groups is 1. The Morgan fingerprint density at radius 2 is 2.11 bits per heavy atom. The van der Waals surface area contributed by atoms with Crippen LogP contribution in [-0.4, -0.2) is 10.1 Å². The highest BCUT2D eigenvalue weighted by Gasteiger charge is 2.06. The predicted molar refractivity (Wildman–Crippen MR) is 66.4 cm³/mol. The van der Waals surface area contributed by atoms with Crippen molar-refractivity contribution in [3.05, 3.63) is 52.4 Å². The minimum atomic E-state index is -0.344. The standard InChI is InChI=1S/C13H11ClFNO2/c1-8-2-3-9(6-11(8)15)18-13-5-4-10(14)12(7-17)16-13/h2-6,17H,7H2,1H3. The minimum absolute atomic E-state index is 0.256. The van der Waals surface area contributed by atoms with Crippen molar-refractivity contribution < 1.29 is 14.2 Å². The Morgan fingerprint density at radius 1 is 1.33 bits per heavy atom. The van der Waals surface area contributed by atoms with Crippen molar-refractivity contribution in [2.45, 2.75) is 13.5 Å². The average molecular weight is 268 g/mol. The lowest BCUT2D eigenvalue weighted by Gasteiger charge is -2.07. The molecular formula is C13H11ClFNO2. The van der Waals surface area contributed by atoms with Gasteiger partial charge in [-0.25, -0.2) is 9.37 Å². The van der Waals surface area contributed by atoms with E-state index in [2.05, 4.69) is 4.98 Å². The maximum Gasteiger partial charge on any atom is 0.219 e. The second-order valence-corrected chi connectivity index (χ2v) is 4.16. The molecule has 0 aliphatic rings. The summed E-state index contributed by atoms with van der Waals surface area (Å²) in [6.45, 7) is 1.39. The van der Waals surface area contributed by atoms with E-state index in [4.69, 9.17) is 21.4 Å². The van der Waals surface area contributed by atoms with E-state index in [1.54, 1.807) is 31.2 Å². The van der Waals surface area contributed by atoms with Crippen molar-refractivity contribution in [3.8, 4) is 11.6 Å². The van der Waals surface area contributed by atoms with E-state index >= 15 is 0 Å². The van der Waals surface area contributed by atoms with Crippen LogP contribution in [-0.2, 0) is 6.61 Å². The Kier molecular flexibility index (Phi) is 3.79. The summed E-state index contributed by atoms with van der Waals surface area (Å²) in [5.74, 6) is 0.257. The molecule has 2 rings (SSSR count). The summed E-state index contributed by atoms with van der Waals surface area (Å²) in [4.78, 5) is 4.01. The molecule has 5 heteroatoms. The SMILES string of the molecule is Cc1ccc(Oc2ccc(Cl)c(CO)n2)cc1F. The quantitative estimate of drug-likeness (QED) is 0.926. The zero-order valence-electron chi connectivity index (χ0n) is 9.65.